The Hall–Kier alpha value is -0.0300. The molecule has 0 spiro atoms. The topological polar surface area (TPSA) is 48.9 Å². The van der Waals surface area contributed by atoms with Crippen LogP contribution in [-0.4, -0.2) is 74.3 Å². The van der Waals surface area contributed by atoms with Crippen molar-refractivity contribution in [1.82, 2.24) is 15.5 Å². The molecule has 0 radical (unpaired) electrons. The van der Waals surface area contributed by atoms with Gasteiger partial charge in [0.2, 0.25) is 0 Å². The fourth-order valence-corrected chi connectivity index (χ4v) is 6.07. The Bertz CT molecular complexity index is 558. The molecule has 5 nitrogen and oxygen atoms in total. The second-order valence-corrected chi connectivity index (χ2v) is 9.46. The van der Waals surface area contributed by atoms with Crippen LogP contribution >= 0.6 is 47.1 Å². The van der Waals surface area contributed by atoms with E-state index in [2.05, 4.69) is 56.7 Å². The van der Waals surface area contributed by atoms with E-state index in [0.29, 0.717) is 5.92 Å². The number of guanidine groups is 1. The van der Waals surface area contributed by atoms with E-state index < -0.39 is 0 Å². The molecule has 3 heterocycles. The Morgan fingerprint density at radius 1 is 1.37 bits per heavy atom. The van der Waals surface area contributed by atoms with Gasteiger partial charge in [0.1, 0.15) is 0 Å². The second kappa shape index (κ2) is 11.8. The summed E-state index contributed by atoms with van der Waals surface area (Å²) in [5.74, 6) is 3.96. The molecule has 0 saturated carbocycles. The smallest absolute Gasteiger partial charge is 0.191 e. The minimum absolute atomic E-state index is 0. The minimum Gasteiger partial charge on any atom is -0.379 e. The van der Waals surface area contributed by atoms with Gasteiger partial charge in [-0.1, -0.05) is 13.0 Å². The van der Waals surface area contributed by atoms with E-state index >= 15 is 0 Å². The quantitative estimate of drug-likeness (QED) is 0.327. The van der Waals surface area contributed by atoms with Crippen molar-refractivity contribution >= 4 is 53.0 Å². The molecule has 2 fully saturated rings. The number of hydrogen-bond donors (Lipinski definition) is 2. The standard InChI is InChI=1S/C19H32N4OS2.HI/c1-16(12-17-4-3-10-26-17)13-21-18(20-2)22-14-19(5-11-25-15-19)23-6-8-24-9-7-23;/h3-4,10,16H,5-9,11-15H2,1-2H3,(H2,20,21,22);1H. The van der Waals surface area contributed by atoms with Gasteiger partial charge >= 0.3 is 0 Å². The summed E-state index contributed by atoms with van der Waals surface area (Å²) < 4.78 is 5.55. The molecule has 2 aliphatic heterocycles. The van der Waals surface area contributed by atoms with Crippen molar-refractivity contribution < 1.29 is 4.74 Å². The van der Waals surface area contributed by atoms with Crippen LogP contribution in [0.5, 0.6) is 0 Å². The van der Waals surface area contributed by atoms with Gasteiger partial charge in [-0.2, -0.15) is 11.8 Å². The third kappa shape index (κ3) is 6.76. The number of thiophene rings is 1. The van der Waals surface area contributed by atoms with Crippen LogP contribution in [0.2, 0.25) is 0 Å². The van der Waals surface area contributed by atoms with E-state index in [9.17, 15) is 0 Å². The number of nitrogens with zero attached hydrogens (tertiary/aromatic N) is 2. The molecule has 2 aliphatic rings. The van der Waals surface area contributed by atoms with E-state index in [1.165, 1.54) is 22.8 Å². The number of thioether (sulfide) groups is 1. The number of halogens is 1. The highest BCUT2D eigenvalue weighted by Gasteiger charge is 2.40. The zero-order valence-electron chi connectivity index (χ0n) is 16.4. The SMILES string of the molecule is CN=C(NCC(C)Cc1cccs1)NCC1(N2CCOCC2)CCSC1.I. The first-order valence-corrected chi connectivity index (χ1v) is 11.6. The van der Waals surface area contributed by atoms with E-state index in [0.717, 1.165) is 51.8 Å². The van der Waals surface area contributed by atoms with Crippen LogP contribution in [0.1, 0.15) is 18.2 Å². The molecular formula is C19H33IN4OS2. The van der Waals surface area contributed by atoms with Crippen LogP contribution in [0, 0.1) is 5.92 Å². The molecular weight excluding hydrogens is 491 g/mol. The normalized spacial score (nSPS) is 25.0. The van der Waals surface area contributed by atoms with Gasteiger partial charge in [0.25, 0.3) is 0 Å². The summed E-state index contributed by atoms with van der Waals surface area (Å²) in [5.41, 5.74) is 0.245. The molecule has 2 unspecified atom stereocenters. The highest BCUT2D eigenvalue weighted by atomic mass is 127. The van der Waals surface area contributed by atoms with Crippen molar-refractivity contribution in [3.05, 3.63) is 22.4 Å². The van der Waals surface area contributed by atoms with Gasteiger partial charge in [-0.3, -0.25) is 9.89 Å². The molecule has 154 valence electrons. The maximum atomic E-state index is 5.55. The first-order valence-electron chi connectivity index (χ1n) is 9.59. The minimum atomic E-state index is 0. The molecule has 8 heteroatoms. The van der Waals surface area contributed by atoms with Gasteiger partial charge < -0.3 is 15.4 Å². The Kier molecular flexibility index (Phi) is 10.2. The van der Waals surface area contributed by atoms with Gasteiger partial charge in [0.15, 0.2) is 5.96 Å². The fraction of sp³-hybridized carbons (Fsp3) is 0.737. The molecule has 1 aromatic rings. The summed E-state index contributed by atoms with van der Waals surface area (Å²) in [5, 5.41) is 9.28. The van der Waals surface area contributed by atoms with Crippen molar-refractivity contribution in [3.63, 3.8) is 0 Å². The molecule has 0 amide bonds. The highest BCUT2D eigenvalue weighted by Crippen LogP contribution is 2.33. The Morgan fingerprint density at radius 3 is 2.81 bits per heavy atom. The molecule has 0 aliphatic carbocycles. The van der Waals surface area contributed by atoms with Crippen molar-refractivity contribution in [1.29, 1.82) is 0 Å². The maximum absolute atomic E-state index is 5.55. The summed E-state index contributed by atoms with van der Waals surface area (Å²) >= 11 is 3.91. The van der Waals surface area contributed by atoms with Gasteiger partial charge in [0, 0.05) is 49.4 Å². The van der Waals surface area contributed by atoms with Crippen molar-refractivity contribution in [3.8, 4) is 0 Å². The van der Waals surface area contributed by atoms with E-state index in [1.807, 2.05) is 18.4 Å². The predicted octanol–water partition coefficient (Wildman–Crippen LogP) is 2.92. The predicted molar refractivity (Wildman–Crippen MR) is 129 cm³/mol. The number of nitrogens with one attached hydrogen (secondary N) is 2. The Labute approximate surface area is 189 Å². The molecule has 3 rings (SSSR count). The molecule has 0 aromatic carbocycles. The third-order valence-electron chi connectivity index (χ3n) is 5.32. The van der Waals surface area contributed by atoms with Crippen LogP contribution in [-0.2, 0) is 11.2 Å². The zero-order valence-corrected chi connectivity index (χ0v) is 20.4. The average molecular weight is 525 g/mol. The first kappa shape index (κ1) is 23.3. The molecule has 1 aromatic heterocycles. The molecule has 0 bridgehead atoms. The zero-order chi connectivity index (χ0) is 18.2. The molecule has 2 atom stereocenters. The Morgan fingerprint density at radius 2 is 2.19 bits per heavy atom. The lowest BCUT2D eigenvalue weighted by atomic mass is 9.95. The number of rotatable bonds is 7. The monoisotopic (exact) mass is 524 g/mol. The van der Waals surface area contributed by atoms with E-state index in [1.54, 1.807) is 0 Å². The lowest BCUT2D eigenvalue weighted by molar-refractivity contribution is -0.0120. The summed E-state index contributed by atoms with van der Waals surface area (Å²) in [4.78, 5) is 8.53. The fourth-order valence-electron chi connectivity index (χ4n) is 3.72. The van der Waals surface area contributed by atoms with Crippen LogP contribution in [0.25, 0.3) is 0 Å². The molecule has 2 saturated heterocycles. The molecule has 2 N–H and O–H groups in total. The van der Waals surface area contributed by atoms with Crippen LogP contribution in [0.4, 0.5) is 0 Å². The largest absolute Gasteiger partial charge is 0.379 e. The van der Waals surface area contributed by atoms with Crippen LogP contribution < -0.4 is 10.6 Å². The Balaban J connectivity index is 0.00000261. The van der Waals surface area contributed by atoms with Gasteiger partial charge in [-0.25, -0.2) is 0 Å². The van der Waals surface area contributed by atoms with E-state index in [-0.39, 0.29) is 29.5 Å². The molecule has 27 heavy (non-hydrogen) atoms. The number of ether oxygens (including phenoxy) is 1. The van der Waals surface area contributed by atoms with Crippen LogP contribution in [0.3, 0.4) is 0 Å². The first-order chi connectivity index (χ1) is 12.7. The second-order valence-electron chi connectivity index (χ2n) is 7.32. The summed E-state index contributed by atoms with van der Waals surface area (Å²) in [6, 6.07) is 4.35. The lowest BCUT2D eigenvalue weighted by Crippen LogP contribution is -2.60. The maximum Gasteiger partial charge on any atom is 0.191 e. The summed E-state index contributed by atoms with van der Waals surface area (Å²) in [7, 11) is 1.87. The lowest BCUT2D eigenvalue weighted by Gasteiger charge is -2.43. The van der Waals surface area contributed by atoms with Crippen molar-refractivity contribution in [2.45, 2.75) is 25.3 Å². The van der Waals surface area contributed by atoms with Crippen LogP contribution in [0.15, 0.2) is 22.5 Å². The van der Waals surface area contributed by atoms with Gasteiger partial charge in [-0.15, -0.1) is 35.3 Å². The summed E-state index contributed by atoms with van der Waals surface area (Å²) in [6.07, 6.45) is 2.37. The summed E-state index contributed by atoms with van der Waals surface area (Å²) in [6.45, 7) is 8.01. The average Bonchev–Trinajstić information content (AvgIpc) is 3.35. The number of morpholine rings is 1. The van der Waals surface area contributed by atoms with Gasteiger partial charge in [0.05, 0.1) is 13.2 Å². The number of hydrogen-bond acceptors (Lipinski definition) is 5. The highest BCUT2D eigenvalue weighted by molar-refractivity contribution is 14.0. The van der Waals surface area contributed by atoms with Gasteiger partial charge in [-0.05, 0) is 36.0 Å². The van der Waals surface area contributed by atoms with E-state index in [4.69, 9.17) is 4.74 Å². The number of aliphatic imine (C=N–C) groups is 1. The van der Waals surface area contributed by atoms with Crippen molar-refractivity contribution in [2.75, 3.05) is 57.9 Å². The van der Waals surface area contributed by atoms with Crippen molar-refractivity contribution in [2.24, 2.45) is 10.9 Å². The third-order valence-corrected chi connectivity index (χ3v) is 7.45.